The van der Waals surface area contributed by atoms with Crippen LogP contribution in [0.3, 0.4) is 0 Å². The Morgan fingerprint density at radius 1 is 1.37 bits per heavy atom. The van der Waals surface area contributed by atoms with E-state index in [1.807, 2.05) is 13.8 Å². The Morgan fingerprint density at radius 2 is 2.07 bits per heavy atom. The number of amides is 1. The molecule has 0 aliphatic carbocycles. The molecular formula is C20H26N2O5. The number of esters is 1. The van der Waals surface area contributed by atoms with Crippen molar-refractivity contribution in [3.05, 3.63) is 29.8 Å². The van der Waals surface area contributed by atoms with E-state index >= 15 is 0 Å². The highest BCUT2D eigenvalue weighted by atomic mass is 16.5. The van der Waals surface area contributed by atoms with E-state index in [-0.39, 0.29) is 12.0 Å². The summed E-state index contributed by atoms with van der Waals surface area (Å²) in [4.78, 5) is 24.0. The molecule has 1 heterocycles. The van der Waals surface area contributed by atoms with Crippen LogP contribution in [0.2, 0.25) is 0 Å². The van der Waals surface area contributed by atoms with Crippen molar-refractivity contribution in [2.45, 2.75) is 45.3 Å². The number of nitrogens with one attached hydrogen (secondary N) is 1. The van der Waals surface area contributed by atoms with Gasteiger partial charge >= 0.3 is 5.97 Å². The number of hydrogen-bond acceptors (Lipinski definition) is 6. The maximum absolute atomic E-state index is 12.1. The fourth-order valence-electron chi connectivity index (χ4n) is 2.49. The van der Waals surface area contributed by atoms with Gasteiger partial charge in [0.2, 0.25) is 0 Å². The average molecular weight is 374 g/mol. The van der Waals surface area contributed by atoms with E-state index in [0.29, 0.717) is 17.9 Å². The third-order valence-electron chi connectivity index (χ3n) is 4.67. The molecule has 1 aliphatic rings. The molecule has 0 spiro atoms. The van der Waals surface area contributed by atoms with Crippen LogP contribution < -0.4 is 10.1 Å². The van der Waals surface area contributed by atoms with Crippen molar-refractivity contribution < 1.29 is 23.8 Å². The SMILES string of the molecule is CC(C)[C@](C)(C#N)NC(=O)COC(=O)c1ccc(OC[C@H]2CCCO2)cc1. The summed E-state index contributed by atoms with van der Waals surface area (Å²) in [6.45, 7) is 6.11. The summed E-state index contributed by atoms with van der Waals surface area (Å²) in [7, 11) is 0. The predicted molar refractivity (Wildman–Crippen MR) is 98.2 cm³/mol. The van der Waals surface area contributed by atoms with Crippen molar-refractivity contribution in [1.29, 1.82) is 5.26 Å². The van der Waals surface area contributed by atoms with E-state index in [1.54, 1.807) is 31.2 Å². The van der Waals surface area contributed by atoms with Crippen molar-refractivity contribution in [1.82, 2.24) is 5.32 Å². The number of nitriles is 1. The third-order valence-corrected chi connectivity index (χ3v) is 4.67. The monoisotopic (exact) mass is 374 g/mol. The second kappa shape index (κ2) is 9.38. The Hall–Kier alpha value is -2.59. The molecule has 27 heavy (non-hydrogen) atoms. The molecule has 0 bridgehead atoms. The zero-order chi connectivity index (χ0) is 19.9. The molecule has 1 N–H and O–H groups in total. The van der Waals surface area contributed by atoms with Crippen LogP contribution in [0.4, 0.5) is 0 Å². The Bertz CT molecular complexity index is 689. The van der Waals surface area contributed by atoms with Crippen molar-refractivity contribution in [3.8, 4) is 11.8 Å². The number of benzene rings is 1. The fraction of sp³-hybridized carbons (Fsp3) is 0.550. The van der Waals surface area contributed by atoms with Crippen LogP contribution in [0.25, 0.3) is 0 Å². The molecule has 1 fully saturated rings. The molecule has 1 saturated heterocycles. The third kappa shape index (κ3) is 5.97. The molecule has 2 rings (SSSR count). The summed E-state index contributed by atoms with van der Waals surface area (Å²) in [5.41, 5.74) is -0.690. The lowest BCUT2D eigenvalue weighted by Crippen LogP contribution is -2.50. The molecule has 0 saturated carbocycles. The zero-order valence-corrected chi connectivity index (χ0v) is 16.0. The number of hydrogen-bond donors (Lipinski definition) is 1. The number of carbonyl (C=O) groups is 2. The molecule has 7 nitrogen and oxygen atoms in total. The lowest BCUT2D eigenvalue weighted by Gasteiger charge is -2.27. The second-order valence-electron chi connectivity index (χ2n) is 7.06. The van der Waals surface area contributed by atoms with Crippen LogP contribution in [0.15, 0.2) is 24.3 Å². The summed E-state index contributed by atoms with van der Waals surface area (Å²) >= 11 is 0. The predicted octanol–water partition coefficient (Wildman–Crippen LogP) is 2.46. The van der Waals surface area contributed by atoms with Gasteiger partial charge in [0, 0.05) is 6.61 Å². The van der Waals surface area contributed by atoms with Gasteiger partial charge in [-0.3, -0.25) is 4.79 Å². The van der Waals surface area contributed by atoms with E-state index in [4.69, 9.17) is 14.2 Å². The first-order valence-corrected chi connectivity index (χ1v) is 9.08. The minimum Gasteiger partial charge on any atom is -0.491 e. The number of carbonyl (C=O) groups excluding carboxylic acids is 2. The standard InChI is InChI=1S/C20H26N2O5/c1-14(2)20(3,13-21)22-18(23)12-27-19(24)15-6-8-16(9-7-15)26-11-17-5-4-10-25-17/h6-9,14,17H,4-5,10-12H2,1-3H3,(H,22,23)/t17-,20+/m1/s1. The summed E-state index contributed by atoms with van der Waals surface area (Å²) in [5, 5.41) is 11.8. The van der Waals surface area contributed by atoms with Crippen molar-refractivity contribution in [2.24, 2.45) is 5.92 Å². The molecule has 0 radical (unpaired) electrons. The average Bonchev–Trinajstić information content (AvgIpc) is 3.18. The molecule has 146 valence electrons. The van der Waals surface area contributed by atoms with Crippen LogP contribution >= 0.6 is 0 Å². The van der Waals surface area contributed by atoms with E-state index in [1.165, 1.54) is 0 Å². The highest BCUT2D eigenvalue weighted by Crippen LogP contribution is 2.17. The van der Waals surface area contributed by atoms with Gasteiger partial charge in [-0.05, 0) is 49.9 Å². The highest BCUT2D eigenvalue weighted by molar-refractivity contribution is 5.91. The highest BCUT2D eigenvalue weighted by Gasteiger charge is 2.30. The van der Waals surface area contributed by atoms with Gasteiger partial charge in [0.25, 0.3) is 5.91 Å². The summed E-state index contributed by atoms with van der Waals surface area (Å²) in [6.07, 6.45) is 2.17. The van der Waals surface area contributed by atoms with Crippen LogP contribution in [0.5, 0.6) is 5.75 Å². The van der Waals surface area contributed by atoms with Gasteiger partial charge in [0.05, 0.1) is 17.7 Å². The Labute approximate surface area is 159 Å². The minimum atomic E-state index is -1.01. The normalized spacial score (nSPS) is 18.4. The summed E-state index contributed by atoms with van der Waals surface area (Å²) in [5.74, 6) is -0.567. The van der Waals surface area contributed by atoms with Gasteiger partial charge in [0.15, 0.2) is 6.61 Å². The molecule has 1 aromatic carbocycles. The van der Waals surface area contributed by atoms with E-state index < -0.39 is 24.0 Å². The first-order chi connectivity index (χ1) is 12.8. The van der Waals surface area contributed by atoms with Crippen LogP contribution in [0, 0.1) is 17.2 Å². The van der Waals surface area contributed by atoms with Crippen LogP contribution in [-0.4, -0.2) is 43.3 Å². The molecule has 0 aromatic heterocycles. The molecular weight excluding hydrogens is 348 g/mol. The van der Waals surface area contributed by atoms with Gasteiger partial charge in [0.1, 0.15) is 17.9 Å². The van der Waals surface area contributed by atoms with Gasteiger partial charge in [-0.25, -0.2) is 4.79 Å². The Morgan fingerprint density at radius 3 is 2.63 bits per heavy atom. The minimum absolute atomic E-state index is 0.0793. The van der Waals surface area contributed by atoms with Gasteiger partial charge in [-0.1, -0.05) is 13.8 Å². The quantitative estimate of drug-likeness (QED) is 0.702. The van der Waals surface area contributed by atoms with Crippen molar-refractivity contribution >= 4 is 11.9 Å². The molecule has 1 aliphatic heterocycles. The topological polar surface area (TPSA) is 97.7 Å². The second-order valence-corrected chi connectivity index (χ2v) is 7.06. The van der Waals surface area contributed by atoms with Crippen LogP contribution in [0.1, 0.15) is 44.0 Å². The summed E-state index contributed by atoms with van der Waals surface area (Å²) in [6, 6.07) is 8.59. The Kier molecular flexibility index (Phi) is 7.19. The molecule has 7 heteroatoms. The first kappa shape index (κ1) is 20.7. The molecule has 0 unspecified atom stereocenters. The molecule has 1 aromatic rings. The van der Waals surface area contributed by atoms with E-state index in [2.05, 4.69) is 11.4 Å². The number of rotatable bonds is 8. The largest absolute Gasteiger partial charge is 0.491 e. The first-order valence-electron chi connectivity index (χ1n) is 9.08. The summed E-state index contributed by atoms with van der Waals surface area (Å²) < 4.78 is 16.2. The smallest absolute Gasteiger partial charge is 0.338 e. The van der Waals surface area contributed by atoms with Crippen molar-refractivity contribution in [2.75, 3.05) is 19.8 Å². The lowest BCUT2D eigenvalue weighted by atomic mass is 9.90. The maximum Gasteiger partial charge on any atom is 0.338 e. The van der Waals surface area contributed by atoms with Gasteiger partial charge in [-0.15, -0.1) is 0 Å². The van der Waals surface area contributed by atoms with Gasteiger partial charge < -0.3 is 19.5 Å². The van der Waals surface area contributed by atoms with E-state index in [0.717, 1.165) is 19.4 Å². The molecule has 2 atom stereocenters. The van der Waals surface area contributed by atoms with Crippen LogP contribution in [-0.2, 0) is 14.3 Å². The maximum atomic E-state index is 12.1. The van der Waals surface area contributed by atoms with Gasteiger partial charge in [-0.2, -0.15) is 5.26 Å². The van der Waals surface area contributed by atoms with Crippen molar-refractivity contribution in [3.63, 3.8) is 0 Å². The molecule has 1 amide bonds. The lowest BCUT2D eigenvalue weighted by molar-refractivity contribution is -0.125. The number of nitrogens with zero attached hydrogens (tertiary/aromatic N) is 1. The fourth-order valence-corrected chi connectivity index (χ4v) is 2.49. The van der Waals surface area contributed by atoms with E-state index in [9.17, 15) is 14.9 Å². The zero-order valence-electron chi connectivity index (χ0n) is 16.0. The Balaban J connectivity index is 1.80. The number of ether oxygens (including phenoxy) is 3.